The van der Waals surface area contributed by atoms with E-state index in [0.717, 1.165) is 25.1 Å². The minimum atomic E-state index is -3.40. The number of hydrogen-bond donors (Lipinski definition) is 2. The SMILES string of the molecule is CSC(C)CNS(=O)(=O)c1ccc2c(c1)NCCC2. The zero-order valence-corrected chi connectivity index (χ0v) is 12.9. The smallest absolute Gasteiger partial charge is 0.240 e. The highest BCUT2D eigenvalue weighted by Gasteiger charge is 2.17. The van der Waals surface area contributed by atoms with Crippen LogP contribution in [0.3, 0.4) is 0 Å². The van der Waals surface area contributed by atoms with Gasteiger partial charge < -0.3 is 5.32 Å². The van der Waals surface area contributed by atoms with E-state index in [1.165, 1.54) is 5.56 Å². The van der Waals surface area contributed by atoms with E-state index in [-0.39, 0.29) is 5.25 Å². The summed E-state index contributed by atoms with van der Waals surface area (Å²) in [5.41, 5.74) is 2.15. The fourth-order valence-corrected chi connectivity index (χ4v) is 3.51. The van der Waals surface area contributed by atoms with Crippen LogP contribution in [0.2, 0.25) is 0 Å². The molecule has 0 saturated carbocycles. The Hall–Kier alpha value is -0.720. The Kier molecular flexibility index (Phi) is 4.76. The van der Waals surface area contributed by atoms with Gasteiger partial charge in [0, 0.05) is 24.0 Å². The van der Waals surface area contributed by atoms with Crippen LogP contribution in [0.5, 0.6) is 0 Å². The van der Waals surface area contributed by atoms with Crippen LogP contribution < -0.4 is 10.0 Å². The van der Waals surface area contributed by atoms with Crippen molar-refractivity contribution < 1.29 is 8.42 Å². The third-order valence-electron chi connectivity index (χ3n) is 3.29. The molecule has 4 nitrogen and oxygen atoms in total. The highest BCUT2D eigenvalue weighted by molar-refractivity contribution is 7.99. The average Bonchev–Trinajstić information content (AvgIpc) is 2.44. The Bertz CT molecular complexity index is 544. The Morgan fingerprint density at radius 3 is 3.00 bits per heavy atom. The average molecular weight is 300 g/mol. The lowest BCUT2D eigenvalue weighted by Crippen LogP contribution is -2.29. The normalized spacial score (nSPS) is 16.5. The summed E-state index contributed by atoms with van der Waals surface area (Å²) in [4.78, 5) is 0.342. The Balaban J connectivity index is 2.16. The third-order valence-corrected chi connectivity index (χ3v) is 5.69. The lowest BCUT2D eigenvalue weighted by Gasteiger charge is -2.19. The van der Waals surface area contributed by atoms with Gasteiger partial charge in [-0.1, -0.05) is 13.0 Å². The Labute approximate surface area is 119 Å². The summed E-state index contributed by atoms with van der Waals surface area (Å²) in [5.74, 6) is 0. The Morgan fingerprint density at radius 1 is 1.47 bits per heavy atom. The molecule has 1 unspecified atom stereocenters. The van der Waals surface area contributed by atoms with Crippen LogP contribution in [-0.4, -0.2) is 33.0 Å². The van der Waals surface area contributed by atoms with Gasteiger partial charge in [-0.05, 0) is 36.8 Å². The standard InChI is InChI=1S/C13H20N2O2S2/c1-10(18-2)9-15-19(16,17)12-6-5-11-4-3-7-14-13(11)8-12/h5-6,8,10,14-15H,3-4,7,9H2,1-2H3. The van der Waals surface area contributed by atoms with Gasteiger partial charge in [-0.15, -0.1) is 0 Å². The van der Waals surface area contributed by atoms with Crippen LogP contribution in [0.1, 0.15) is 18.9 Å². The van der Waals surface area contributed by atoms with Gasteiger partial charge in [-0.3, -0.25) is 0 Å². The molecule has 0 saturated heterocycles. The summed E-state index contributed by atoms with van der Waals surface area (Å²) in [6, 6.07) is 5.34. The summed E-state index contributed by atoms with van der Waals surface area (Å²) < 4.78 is 27.0. The summed E-state index contributed by atoms with van der Waals surface area (Å²) >= 11 is 1.64. The van der Waals surface area contributed by atoms with Crippen molar-refractivity contribution in [2.45, 2.75) is 29.9 Å². The summed E-state index contributed by atoms with van der Waals surface area (Å²) in [6.45, 7) is 3.36. The van der Waals surface area contributed by atoms with Crippen LogP contribution in [-0.2, 0) is 16.4 Å². The maximum Gasteiger partial charge on any atom is 0.240 e. The number of rotatable bonds is 5. The number of aryl methyl sites for hydroxylation is 1. The minimum Gasteiger partial charge on any atom is -0.385 e. The second-order valence-electron chi connectivity index (χ2n) is 4.75. The van der Waals surface area contributed by atoms with E-state index in [0.29, 0.717) is 11.4 Å². The van der Waals surface area contributed by atoms with Crippen molar-refractivity contribution in [3.05, 3.63) is 23.8 Å². The summed E-state index contributed by atoms with van der Waals surface area (Å²) in [6.07, 6.45) is 4.09. The second-order valence-corrected chi connectivity index (χ2v) is 7.79. The maximum absolute atomic E-state index is 12.2. The largest absolute Gasteiger partial charge is 0.385 e. The van der Waals surface area contributed by atoms with Crippen LogP contribution in [0.15, 0.2) is 23.1 Å². The minimum absolute atomic E-state index is 0.269. The highest BCUT2D eigenvalue weighted by atomic mass is 32.2. The molecule has 6 heteroatoms. The molecule has 2 N–H and O–H groups in total. The Morgan fingerprint density at radius 2 is 2.26 bits per heavy atom. The zero-order chi connectivity index (χ0) is 13.9. The number of fused-ring (bicyclic) bond motifs is 1. The molecule has 0 fully saturated rings. The predicted octanol–water partition coefficient (Wildman–Crippen LogP) is 2.07. The monoisotopic (exact) mass is 300 g/mol. The lowest BCUT2D eigenvalue weighted by atomic mass is 10.0. The van der Waals surface area contributed by atoms with Gasteiger partial charge in [0.1, 0.15) is 0 Å². The number of anilines is 1. The molecule has 0 spiro atoms. The van der Waals surface area contributed by atoms with E-state index in [1.54, 1.807) is 23.9 Å². The zero-order valence-electron chi connectivity index (χ0n) is 11.3. The highest BCUT2D eigenvalue weighted by Crippen LogP contribution is 2.25. The van der Waals surface area contributed by atoms with E-state index in [9.17, 15) is 8.42 Å². The molecular formula is C13H20N2O2S2. The number of benzene rings is 1. The fourth-order valence-electron chi connectivity index (χ4n) is 2.00. The van der Waals surface area contributed by atoms with Gasteiger partial charge in [0.2, 0.25) is 10.0 Å². The van der Waals surface area contributed by atoms with Gasteiger partial charge in [-0.25, -0.2) is 13.1 Å². The molecular weight excluding hydrogens is 280 g/mol. The van der Waals surface area contributed by atoms with E-state index in [1.807, 2.05) is 19.2 Å². The predicted molar refractivity (Wildman–Crippen MR) is 81.4 cm³/mol. The van der Waals surface area contributed by atoms with Gasteiger partial charge in [0.05, 0.1) is 4.90 Å². The molecule has 19 heavy (non-hydrogen) atoms. The van der Waals surface area contributed by atoms with E-state index in [4.69, 9.17) is 0 Å². The van der Waals surface area contributed by atoms with E-state index >= 15 is 0 Å². The molecule has 1 atom stereocenters. The number of sulfonamides is 1. The molecule has 0 aliphatic carbocycles. The molecule has 1 aliphatic heterocycles. The van der Waals surface area contributed by atoms with Gasteiger partial charge in [0.15, 0.2) is 0 Å². The van der Waals surface area contributed by atoms with Crippen LogP contribution >= 0.6 is 11.8 Å². The first-order valence-corrected chi connectivity index (χ1v) is 9.19. The van der Waals surface area contributed by atoms with Crippen molar-refractivity contribution in [1.29, 1.82) is 0 Å². The lowest BCUT2D eigenvalue weighted by molar-refractivity contribution is 0.581. The van der Waals surface area contributed by atoms with E-state index in [2.05, 4.69) is 10.0 Å². The molecule has 1 heterocycles. The van der Waals surface area contributed by atoms with Gasteiger partial charge >= 0.3 is 0 Å². The second kappa shape index (κ2) is 6.15. The summed E-state index contributed by atoms with van der Waals surface area (Å²) in [5, 5.41) is 3.52. The summed E-state index contributed by atoms with van der Waals surface area (Å²) in [7, 11) is -3.40. The quantitative estimate of drug-likeness (QED) is 0.874. The third kappa shape index (κ3) is 3.64. The van der Waals surface area contributed by atoms with Crippen molar-refractivity contribution in [3.8, 4) is 0 Å². The van der Waals surface area contributed by atoms with Crippen LogP contribution in [0, 0.1) is 0 Å². The maximum atomic E-state index is 12.2. The molecule has 0 bridgehead atoms. The molecule has 1 aromatic carbocycles. The van der Waals surface area contributed by atoms with Crippen molar-refractivity contribution >= 4 is 27.5 Å². The van der Waals surface area contributed by atoms with Crippen LogP contribution in [0.4, 0.5) is 5.69 Å². The van der Waals surface area contributed by atoms with Crippen molar-refractivity contribution in [1.82, 2.24) is 4.72 Å². The molecule has 0 aromatic heterocycles. The molecule has 1 aromatic rings. The first-order chi connectivity index (χ1) is 9.03. The molecule has 106 valence electrons. The van der Waals surface area contributed by atoms with Gasteiger partial charge in [0.25, 0.3) is 0 Å². The fraction of sp³-hybridized carbons (Fsp3) is 0.538. The molecule has 0 radical (unpaired) electrons. The topological polar surface area (TPSA) is 58.2 Å². The number of nitrogens with one attached hydrogen (secondary N) is 2. The first-order valence-electron chi connectivity index (χ1n) is 6.42. The van der Waals surface area contributed by atoms with Gasteiger partial charge in [-0.2, -0.15) is 11.8 Å². The molecule has 1 aliphatic rings. The number of thioether (sulfide) groups is 1. The molecule has 2 rings (SSSR count). The van der Waals surface area contributed by atoms with Crippen molar-refractivity contribution in [2.75, 3.05) is 24.7 Å². The molecule has 0 amide bonds. The van der Waals surface area contributed by atoms with Crippen LogP contribution in [0.25, 0.3) is 0 Å². The van der Waals surface area contributed by atoms with Crippen molar-refractivity contribution in [2.24, 2.45) is 0 Å². The van der Waals surface area contributed by atoms with E-state index < -0.39 is 10.0 Å². The first kappa shape index (κ1) is 14.7. The number of hydrogen-bond acceptors (Lipinski definition) is 4. The van der Waals surface area contributed by atoms with Crippen molar-refractivity contribution in [3.63, 3.8) is 0 Å².